The molecule has 0 radical (unpaired) electrons. The molecule has 0 saturated heterocycles. The van der Waals surface area contributed by atoms with E-state index in [0.717, 1.165) is 5.56 Å². The lowest BCUT2D eigenvalue weighted by Gasteiger charge is -1.98. The monoisotopic (exact) mass is 246 g/mol. The van der Waals surface area contributed by atoms with Gasteiger partial charge in [0.05, 0.1) is 19.8 Å². The maximum Gasteiger partial charge on any atom is 0.337 e. The Kier molecular flexibility index (Phi) is 5.38. The summed E-state index contributed by atoms with van der Waals surface area (Å²) in [5, 5.41) is 0. The largest absolute Gasteiger partial charge is 0.466 e. The zero-order valence-electron chi connectivity index (χ0n) is 10.3. The van der Waals surface area contributed by atoms with E-state index in [9.17, 15) is 9.59 Å². The molecule has 0 aliphatic rings. The zero-order chi connectivity index (χ0) is 13.4. The number of methoxy groups -OCH3 is 2. The fourth-order valence-corrected chi connectivity index (χ4v) is 1.22. The van der Waals surface area contributed by atoms with Crippen LogP contribution in [0.4, 0.5) is 0 Å². The minimum absolute atomic E-state index is 0.365. The molecule has 0 spiro atoms. The molecule has 1 aromatic rings. The van der Waals surface area contributed by atoms with Gasteiger partial charge >= 0.3 is 11.9 Å². The third-order valence-electron chi connectivity index (χ3n) is 2.17. The lowest BCUT2D eigenvalue weighted by Crippen LogP contribution is -2.00. The van der Waals surface area contributed by atoms with Crippen molar-refractivity contribution in [3.05, 3.63) is 53.6 Å². The van der Waals surface area contributed by atoms with Crippen molar-refractivity contribution in [1.29, 1.82) is 0 Å². The van der Waals surface area contributed by atoms with E-state index in [4.69, 9.17) is 0 Å². The maximum absolute atomic E-state index is 11.2. The molecule has 0 atom stereocenters. The Morgan fingerprint density at radius 3 is 2.22 bits per heavy atom. The van der Waals surface area contributed by atoms with Crippen molar-refractivity contribution in [1.82, 2.24) is 0 Å². The van der Waals surface area contributed by atoms with E-state index >= 15 is 0 Å². The van der Waals surface area contributed by atoms with Gasteiger partial charge in [0.1, 0.15) is 0 Å². The van der Waals surface area contributed by atoms with E-state index in [-0.39, 0.29) is 5.97 Å². The van der Waals surface area contributed by atoms with Crippen LogP contribution in [0, 0.1) is 0 Å². The fourth-order valence-electron chi connectivity index (χ4n) is 1.22. The van der Waals surface area contributed by atoms with Gasteiger partial charge in [0.25, 0.3) is 0 Å². The summed E-state index contributed by atoms with van der Waals surface area (Å²) in [6, 6.07) is 6.93. The number of esters is 2. The van der Waals surface area contributed by atoms with E-state index in [1.165, 1.54) is 20.3 Å². The maximum atomic E-state index is 11.2. The van der Waals surface area contributed by atoms with Crippen molar-refractivity contribution in [2.24, 2.45) is 0 Å². The summed E-state index contributed by atoms with van der Waals surface area (Å²) in [6.45, 7) is 0. The van der Waals surface area contributed by atoms with Gasteiger partial charge in [0, 0.05) is 6.08 Å². The lowest BCUT2D eigenvalue weighted by molar-refractivity contribution is -0.134. The van der Waals surface area contributed by atoms with Crippen molar-refractivity contribution >= 4 is 18.0 Å². The zero-order valence-corrected chi connectivity index (χ0v) is 10.3. The fraction of sp³-hybridized carbons (Fsp3) is 0.143. The number of hydrogen-bond donors (Lipinski definition) is 0. The van der Waals surface area contributed by atoms with E-state index in [1.807, 2.05) is 0 Å². The highest BCUT2D eigenvalue weighted by atomic mass is 16.5. The van der Waals surface area contributed by atoms with Gasteiger partial charge in [0.15, 0.2) is 0 Å². The van der Waals surface area contributed by atoms with Gasteiger partial charge in [-0.2, -0.15) is 0 Å². The first kappa shape index (κ1) is 13.7. The SMILES string of the molecule is COC(=O)/C=C/C=C/c1ccc(C(=O)OC)cc1. The third-order valence-corrected chi connectivity index (χ3v) is 2.17. The summed E-state index contributed by atoms with van der Waals surface area (Å²) in [6.07, 6.45) is 6.42. The minimum atomic E-state index is -0.402. The van der Waals surface area contributed by atoms with Crippen LogP contribution in [0.3, 0.4) is 0 Å². The molecule has 18 heavy (non-hydrogen) atoms. The molecule has 0 bridgehead atoms. The van der Waals surface area contributed by atoms with Crippen molar-refractivity contribution in [3.8, 4) is 0 Å². The molecule has 4 nitrogen and oxygen atoms in total. The predicted octanol–water partition coefficient (Wildman–Crippen LogP) is 2.22. The molecule has 0 aliphatic heterocycles. The average molecular weight is 246 g/mol. The summed E-state index contributed by atoms with van der Waals surface area (Å²) in [5.74, 6) is -0.767. The molecule has 1 rings (SSSR count). The van der Waals surface area contributed by atoms with Crippen LogP contribution in [0.25, 0.3) is 6.08 Å². The number of ether oxygens (including phenoxy) is 2. The quantitative estimate of drug-likeness (QED) is 0.464. The molecule has 0 fully saturated rings. The number of rotatable bonds is 4. The molecular weight excluding hydrogens is 232 g/mol. The topological polar surface area (TPSA) is 52.6 Å². The Bertz CT molecular complexity index is 469. The second-order valence-corrected chi connectivity index (χ2v) is 3.35. The van der Waals surface area contributed by atoms with Crippen LogP contribution in [-0.2, 0) is 14.3 Å². The van der Waals surface area contributed by atoms with Crippen LogP contribution < -0.4 is 0 Å². The van der Waals surface area contributed by atoms with Crippen LogP contribution in [0.2, 0.25) is 0 Å². The van der Waals surface area contributed by atoms with Crippen LogP contribution in [0.1, 0.15) is 15.9 Å². The van der Waals surface area contributed by atoms with Gasteiger partial charge in [-0.3, -0.25) is 0 Å². The normalized spacial score (nSPS) is 10.8. The summed E-state index contributed by atoms with van der Waals surface area (Å²) in [4.78, 5) is 22.0. The second-order valence-electron chi connectivity index (χ2n) is 3.35. The minimum Gasteiger partial charge on any atom is -0.466 e. The van der Waals surface area contributed by atoms with Crippen LogP contribution in [0.5, 0.6) is 0 Å². The number of carbonyl (C=O) groups is 2. The summed E-state index contributed by atoms with van der Waals surface area (Å²) in [7, 11) is 2.66. The van der Waals surface area contributed by atoms with E-state index < -0.39 is 5.97 Å². The van der Waals surface area contributed by atoms with Crippen molar-refractivity contribution in [2.45, 2.75) is 0 Å². The molecule has 0 amide bonds. The number of hydrogen-bond acceptors (Lipinski definition) is 4. The van der Waals surface area contributed by atoms with Gasteiger partial charge in [0.2, 0.25) is 0 Å². The lowest BCUT2D eigenvalue weighted by atomic mass is 10.1. The van der Waals surface area contributed by atoms with Gasteiger partial charge in [-0.25, -0.2) is 9.59 Å². The van der Waals surface area contributed by atoms with E-state index in [1.54, 1.807) is 42.5 Å². The first-order chi connectivity index (χ1) is 8.67. The molecule has 1 aromatic carbocycles. The first-order valence-corrected chi connectivity index (χ1v) is 5.28. The van der Waals surface area contributed by atoms with Crippen LogP contribution in [-0.4, -0.2) is 26.2 Å². The van der Waals surface area contributed by atoms with E-state index in [2.05, 4.69) is 9.47 Å². The molecule has 0 N–H and O–H groups in total. The predicted molar refractivity (Wildman–Crippen MR) is 68.0 cm³/mol. The number of benzene rings is 1. The number of allylic oxidation sites excluding steroid dienone is 2. The molecule has 0 heterocycles. The van der Waals surface area contributed by atoms with Crippen molar-refractivity contribution in [3.63, 3.8) is 0 Å². The smallest absolute Gasteiger partial charge is 0.337 e. The van der Waals surface area contributed by atoms with E-state index in [0.29, 0.717) is 5.56 Å². The molecule has 4 heteroatoms. The van der Waals surface area contributed by atoms with Crippen LogP contribution >= 0.6 is 0 Å². The van der Waals surface area contributed by atoms with Crippen molar-refractivity contribution < 1.29 is 19.1 Å². The highest BCUT2D eigenvalue weighted by Crippen LogP contribution is 2.07. The molecular formula is C14H14O4. The van der Waals surface area contributed by atoms with Gasteiger partial charge in [-0.15, -0.1) is 0 Å². The molecule has 0 saturated carbocycles. The highest BCUT2D eigenvalue weighted by molar-refractivity contribution is 5.89. The van der Waals surface area contributed by atoms with Gasteiger partial charge < -0.3 is 9.47 Å². The Morgan fingerprint density at radius 1 is 1.00 bits per heavy atom. The third kappa shape index (κ3) is 4.25. The Balaban J connectivity index is 2.64. The van der Waals surface area contributed by atoms with Gasteiger partial charge in [-0.05, 0) is 17.7 Å². The molecule has 0 aromatic heterocycles. The standard InChI is InChI=1S/C14H14O4/c1-17-13(15)6-4-3-5-11-7-9-12(10-8-11)14(16)18-2/h3-10H,1-2H3/b5-3+,6-4+. The molecule has 0 unspecified atom stereocenters. The molecule has 94 valence electrons. The summed E-state index contributed by atoms with van der Waals surface area (Å²) in [5.41, 5.74) is 1.41. The Morgan fingerprint density at radius 2 is 1.67 bits per heavy atom. The highest BCUT2D eigenvalue weighted by Gasteiger charge is 2.02. The molecule has 0 aliphatic carbocycles. The summed E-state index contributed by atoms with van der Waals surface area (Å²) < 4.78 is 9.04. The summed E-state index contributed by atoms with van der Waals surface area (Å²) >= 11 is 0. The number of carbonyl (C=O) groups excluding carboxylic acids is 2. The van der Waals surface area contributed by atoms with Crippen LogP contribution in [0.15, 0.2) is 42.5 Å². The second kappa shape index (κ2) is 7.06. The van der Waals surface area contributed by atoms with Gasteiger partial charge in [-0.1, -0.05) is 30.4 Å². The average Bonchev–Trinajstić information content (AvgIpc) is 2.43. The van der Waals surface area contributed by atoms with Crippen molar-refractivity contribution in [2.75, 3.05) is 14.2 Å². The Hall–Kier alpha value is -2.36. The Labute approximate surface area is 106 Å². The first-order valence-electron chi connectivity index (χ1n) is 5.28.